The van der Waals surface area contributed by atoms with Gasteiger partial charge in [0.2, 0.25) is 12.0 Å². The molecule has 2 rings (SSSR count). The van der Waals surface area contributed by atoms with Gasteiger partial charge < -0.3 is 44.1 Å². The highest BCUT2D eigenvalue weighted by Crippen LogP contribution is 2.38. The fraction of sp³-hybridized carbons (Fsp3) is 0.562. The van der Waals surface area contributed by atoms with Crippen LogP contribution in [0.1, 0.15) is 10.4 Å². The molecular weight excluding hydrogens is 352 g/mol. The molecule has 4 N–H and O–H groups in total. The lowest BCUT2D eigenvalue weighted by atomic mass is 9.99. The molecule has 0 spiro atoms. The molecule has 0 aliphatic carbocycles. The number of esters is 1. The van der Waals surface area contributed by atoms with Gasteiger partial charge in [-0.2, -0.15) is 0 Å². The van der Waals surface area contributed by atoms with Crippen molar-refractivity contribution in [3.8, 4) is 17.2 Å². The highest BCUT2D eigenvalue weighted by molar-refractivity contribution is 5.91. The van der Waals surface area contributed by atoms with E-state index in [0.717, 1.165) is 0 Å². The van der Waals surface area contributed by atoms with Crippen LogP contribution in [0.15, 0.2) is 12.1 Å². The Balaban J connectivity index is 2.24. The quantitative estimate of drug-likeness (QED) is 0.442. The summed E-state index contributed by atoms with van der Waals surface area (Å²) in [4.78, 5) is 12.4. The molecule has 146 valence electrons. The molecule has 1 saturated heterocycles. The normalized spacial score (nSPS) is 28.3. The van der Waals surface area contributed by atoms with Gasteiger partial charge in [-0.1, -0.05) is 0 Å². The summed E-state index contributed by atoms with van der Waals surface area (Å²) in [6.07, 6.45) is -7.67. The molecule has 1 aromatic carbocycles. The Morgan fingerprint density at radius 3 is 2.04 bits per heavy atom. The molecule has 0 saturated carbocycles. The fourth-order valence-electron chi connectivity index (χ4n) is 2.54. The number of ether oxygens (including phenoxy) is 5. The molecule has 1 aliphatic heterocycles. The first-order chi connectivity index (χ1) is 12.4. The summed E-state index contributed by atoms with van der Waals surface area (Å²) in [5.74, 6) is -0.201. The lowest BCUT2D eigenvalue weighted by molar-refractivity contribution is -0.285. The molecule has 1 fully saturated rings. The standard InChI is InChI=1S/C16H22O10/c1-22-8-4-7(5-9(23-2)14(8)24-3)15(21)26-16-13(20)12(19)11(18)10(6-17)25-16/h4-5,10-13,16-20H,6H2,1-3H3/t10-,11-,12+,13-,16?/m1/s1. The minimum atomic E-state index is -1.70. The average molecular weight is 374 g/mol. The summed E-state index contributed by atoms with van der Waals surface area (Å²) in [7, 11) is 4.17. The van der Waals surface area contributed by atoms with Crippen molar-refractivity contribution in [1.82, 2.24) is 0 Å². The fourth-order valence-corrected chi connectivity index (χ4v) is 2.54. The smallest absolute Gasteiger partial charge is 0.340 e. The van der Waals surface area contributed by atoms with Crippen molar-refractivity contribution >= 4 is 5.97 Å². The third-order valence-corrected chi connectivity index (χ3v) is 3.97. The minimum Gasteiger partial charge on any atom is -0.493 e. The first-order valence-electron chi connectivity index (χ1n) is 7.69. The third-order valence-electron chi connectivity index (χ3n) is 3.97. The van der Waals surface area contributed by atoms with Crippen molar-refractivity contribution in [3.63, 3.8) is 0 Å². The molecule has 1 unspecified atom stereocenters. The van der Waals surface area contributed by atoms with E-state index >= 15 is 0 Å². The van der Waals surface area contributed by atoms with Gasteiger partial charge in [0.25, 0.3) is 0 Å². The van der Waals surface area contributed by atoms with Crippen LogP contribution in [-0.4, -0.2) is 85.0 Å². The molecule has 1 heterocycles. The summed E-state index contributed by atoms with van der Waals surface area (Å²) in [5, 5.41) is 38.6. The van der Waals surface area contributed by atoms with Gasteiger partial charge in [-0.25, -0.2) is 4.79 Å². The predicted molar refractivity (Wildman–Crippen MR) is 85.3 cm³/mol. The number of aliphatic hydroxyl groups is 4. The van der Waals surface area contributed by atoms with Crippen LogP contribution >= 0.6 is 0 Å². The first-order valence-corrected chi connectivity index (χ1v) is 7.69. The van der Waals surface area contributed by atoms with E-state index in [1.165, 1.54) is 33.5 Å². The number of methoxy groups -OCH3 is 3. The summed E-state index contributed by atoms with van der Waals surface area (Å²) < 4.78 is 25.7. The van der Waals surface area contributed by atoms with Crippen molar-refractivity contribution in [2.75, 3.05) is 27.9 Å². The molecule has 5 atom stereocenters. The van der Waals surface area contributed by atoms with Crippen molar-refractivity contribution in [2.45, 2.75) is 30.7 Å². The maximum absolute atomic E-state index is 12.4. The van der Waals surface area contributed by atoms with E-state index in [1.807, 2.05) is 0 Å². The summed E-state index contributed by atoms with van der Waals surface area (Å²) in [6, 6.07) is 2.68. The van der Waals surface area contributed by atoms with Gasteiger partial charge in [0.05, 0.1) is 33.5 Å². The second-order valence-corrected chi connectivity index (χ2v) is 5.52. The number of rotatable bonds is 6. The first kappa shape index (κ1) is 20.2. The summed E-state index contributed by atoms with van der Waals surface area (Å²) >= 11 is 0. The van der Waals surface area contributed by atoms with Crippen LogP contribution < -0.4 is 14.2 Å². The van der Waals surface area contributed by atoms with Crippen LogP contribution in [0, 0.1) is 0 Å². The van der Waals surface area contributed by atoms with E-state index in [4.69, 9.17) is 28.8 Å². The largest absolute Gasteiger partial charge is 0.493 e. The molecule has 1 aliphatic rings. The second kappa shape index (κ2) is 8.52. The van der Waals surface area contributed by atoms with Crippen molar-refractivity contribution in [2.24, 2.45) is 0 Å². The zero-order valence-electron chi connectivity index (χ0n) is 14.5. The number of carbonyl (C=O) groups excluding carboxylic acids is 1. The van der Waals surface area contributed by atoms with Gasteiger partial charge in [0.1, 0.15) is 24.4 Å². The zero-order valence-corrected chi connectivity index (χ0v) is 14.5. The number of carbonyl (C=O) groups is 1. The lowest BCUT2D eigenvalue weighted by Gasteiger charge is -2.39. The van der Waals surface area contributed by atoms with E-state index in [0.29, 0.717) is 0 Å². The Morgan fingerprint density at radius 1 is 1.00 bits per heavy atom. The van der Waals surface area contributed by atoms with Crippen molar-refractivity contribution in [3.05, 3.63) is 17.7 Å². The summed E-state index contributed by atoms with van der Waals surface area (Å²) in [5.41, 5.74) is 0.0106. The van der Waals surface area contributed by atoms with Crippen molar-refractivity contribution in [1.29, 1.82) is 0 Å². The van der Waals surface area contributed by atoms with Gasteiger partial charge in [-0.05, 0) is 12.1 Å². The summed E-state index contributed by atoms with van der Waals surface area (Å²) in [6.45, 7) is -0.636. The van der Waals surface area contributed by atoms with Crippen LogP contribution in [-0.2, 0) is 9.47 Å². The maximum atomic E-state index is 12.4. The van der Waals surface area contributed by atoms with Gasteiger partial charge in [-0.3, -0.25) is 0 Å². The lowest BCUT2D eigenvalue weighted by Crippen LogP contribution is -2.59. The molecule has 0 aromatic heterocycles. The van der Waals surface area contributed by atoms with Crippen LogP contribution in [0.2, 0.25) is 0 Å². The number of benzene rings is 1. The molecule has 0 bridgehead atoms. The highest BCUT2D eigenvalue weighted by Gasteiger charge is 2.45. The predicted octanol–water partition coefficient (Wildman–Crippen LogP) is -1.33. The third kappa shape index (κ3) is 3.84. The van der Waals surface area contributed by atoms with Crippen LogP contribution in [0.5, 0.6) is 17.2 Å². The maximum Gasteiger partial charge on any atom is 0.340 e. The average Bonchev–Trinajstić information content (AvgIpc) is 2.66. The number of hydrogen-bond donors (Lipinski definition) is 4. The highest BCUT2D eigenvalue weighted by atomic mass is 16.7. The Morgan fingerprint density at radius 2 is 1.58 bits per heavy atom. The van der Waals surface area contributed by atoms with E-state index in [9.17, 15) is 20.1 Å². The van der Waals surface area contributed by atoms with Gasteiger partial charge in [0.15, 0.2) is 11.5 Å². The Hall–Kier alpha value is -2.11. The minimum absolute atomic E-state index is 0.0106. The molecule has 0 radical (unpaired) electrons. The Kier molecular flexibility index (Phi) is 6.62. The van der Waals surface area contributed by atoms with E-state index in [-0.39, 0.29) is 22.8 Å². The van der Waals surface area contributed by atoms with Crippen LogP contribution in [0.25, 0.3) is 0 Å². The topological polar surface area (TPSA) is 144 Å². The number of aliphatic hydroxyl groups excluding tert-OH is 4. The molecule has 0 amide bonds. The monoisotopic (exact) mass is 374 g/mol. The van der Waals surface area contributed by atoms with Gasteiger partial charge in [0, 0.05) is 0 Å². The van der Waals surface area contributed by atoms with Gasteiger partial charge in [-0.15, -0.1) is 0 Å². The van der Waals surface area contributed by atoms with Gasteiger partial charge >= 0.3 is 5.97 Å². The molecule has 1 aromatic rings. The van der Waals surface area contributed by atoms with E-state index in [2.05, 4.69) is 0 Å². The van der Waals surface area contributed by atoms with Crippen molar-refractivity contribution < 1.29 is 48.9 Å². The van der Waals surface area contributed by atoms with E-state index < -0.39 is 43.3 Å². The second-order valence-electron chi connectivity index (χ2n) is 5.52. The molecule has 10 nitrogen and oxygen atoms in total. The SMILES string of the molecule is COc1cc(C(=O)OC2O[C@H](CO)[C@@H](O)[C@H](O)[C@H]2O)cc(OC)c1OC. The number of hydrogen-bond acceptors (Lipinski definition) is 10. The zero-order chi connectivity index (χ0) is 19.4. The molecular formula is C16H22O10. The molecule has 26 heavy (non-hydrogen) atoms. The van der Waals surface area contributed by atoms with Crippen LogP contribution in [0.4, 0.5) is 0 Å². The van der Waals surface area contributed by atoms with Crippen LogP contribution in [0.3, 0.4) is 0 Å². The Labute approximate surface area is 149 Å². The Bertz CT molecular complexity index is 606. The van der Waals surface area contributed by atoms with E-state index in [1.54, 1.807) is 0 Å². The molecule has 10 heteroatoms.